The molecule has 3 aromatic carbocycles. The van der Waals surface area contributed by atoms with E-state index in [9.17, 15) is 4.79 Å². The van der Waals surface area contributed by atoms with E-state index in [0.717, 1.165) is 34.9 Å². The van der Waals surface area contributed by atoms with Crippen LogP contribution in [0.25, 0.3) is 11.1 Å². The fourth-order valence-electron chi connectivity index (χ4n) is 3.13. The molecule has 3 rings (SSSR count). The number of likely N-dealkylation sites (N-methyl/N-ethyl adjacent to an activating group) is 1. The van der Waals surface area contributed by atoms with Crippen molar-refractivity contribution in [2.75, 3.05) is 39.5 Å². The minimum Gasteiger partial charge on any atom is -0.493 e. The third-order valence-electron chi connectivity index (χ3n) is 4.97. The summed E-state index contributed by atoms with van der Waals surface area (Å²) in [5.41, 5.74) is 3.99. The number of carbonyl (C=O) groups excluding carboxylic acids is 1. The van der Waals surface area contributed by atoms with Crippen molar-refractivity contribution in [2.45, 2.75) is 5.75 Å². The Bertz CT molecular complexity index is 1120. The Morgan fingerprint density at radius 2 is 1.49 bits per heavy atom. The lowest BCUT2D eigenvalue weighted by molar-refractivity contribution is -0.159. The predicted molar refractivity (Wildman–Crippen MR) is 146 cm³/mol. The van der Waals surface area contributed by atoms with Gasteiger partial charge in [-0.15, -0.1) is 0 Å². The lowest BCUT2D eigenvalue weighted by Gasteiger charge is -2.13. The molecule has 1 amide bonds. The molecule has 0 radical (unpaired) electrons. The summed E-state index contributed by atoms with van der Waals surface area (Å²) in [5, 5.41) is 17.8. The molecule has 0 aliphatic rings. The number of para-hydroxylation sites is 1. The van der Waals surface area contributed by atoms with Gasteiger partial charge in [0.15, 0.2) is 0 Å². The fraction of sp³-hybridized carbons (Fsp3) is 0.250. The van der Waals surface area contributed by atoms with Gasteiger partial charge in [-0.3, -0.25) is 4.79 Å². The molecule has 0 aliphatic carbocycles. The van der Waals surface area contributed by atoms with Gasteiger partial charge in [-0.05, 0) is 49.0 Å². The van der Waals surface area contributed by atoms with Crippen molar-refractivity contribution < 1.29 is 29.3 Å². The van der Waals surface area contributed by atoms with E-state index in [0.29, 0.717) is 18.7 Å². The Balaban J connectivity index is 0.000000717. The molecular weight excluding hydrogens is 492 g/mol. The second-order valence-electron chi connectivity index (χ2n) is 8.13. The van der Waals surface area contributed by atoms with Crippen molar-refractivity contribution >= 4 is 29.6 Å². The number of nitrogens with zero attached hydrogens (tertiary/aromatic N) is 1. The molecule has 8 nitrogen and oxygen atoms in total. The van der Waals surface area contributed by atoms with Crippen molar-refractivity contribution in [1.29, 1.82) is 0 Å². The molecule has 9 heteroatoms. The molecule has 196 valence electrons. The van der Waals surface area contributed by atoms with Crippen LogP contribution in [0.2, 0.25) is 0 Å². The first-order valence-electron chi connectivity index (χ1n) is 11.6. The third-order valence-corrected chi connectivity index (χ3v) is 5.97. The zero-order chi connectivity index (χ0) is 27.0. The van der Waals surface area contributed by atoms with Crippen LogP contribution in [0.15, 0.2) is 78.9 Å². The average molecular weight is 525 g/mol. The summed E-state index contributed by atoms with van der Waals surface area (Å²) in [6.45, 7) is 2.14. The standard InChI is InChI=1S/C26H30N2O2S.C2H2O4/c1-28(2)17-16-27-26(29)25-11-7-6-10-24(25)22-14-12-21(13-15-22)20-31-19-18-30-23-8-4-3-5-9-23;3-1(4)2(5)6/h3-15H,16-20H2,1-2H3,(H,27,29);(H,3,4)(H,5,6). The van der Waals surface area contributed by atoms with Crippen molar-refractivity contribution in [3.8, 4) is 16.9 Å². The molecule has 0 aromatic heterocycles. The van der Waals surface area contributed by atoms with Crippen LogP contribution >= 0.6 is 11.8 Å². The number of ether oxygens (including phenoxy) is 1. The molecule has 0 heterocycles. The molecule has 0 unspecified atom stereocenters. The maximum atomic E-state index is 12.6. The van der Waals surface area contributed by atoms with E-state index < -0.39 is 11.9 Å². The van der Waals surface area contributed by atoms with Gasteiger partial charge in [0.05, 0.1) is 6.61 Å². The van der Waals surface area contributed by atoms with Crippen LogP contribution in [-0.2, 0) is 15.3 Å². The Morgan fingerprint density at radius 3 is 2.11 bits per heavy atom. The van der Waals surface area contributed by atoms with Gasteiger partial charge in [-0.2, -0.15) is 11.8 Å². The van der Waals surface area contributed by atoms with Gasteiger partial charge in [-0.1, -0.05) is 60.7 Å². The van der Waals surface area contributed by atoms with Crippen LogP contribution in [0.1, 0.15) is 15.9 Å². The molecule has 0 saturated heterocycles. The van der Waals surface area contributed by atoms with Gasteiger partial charge in [0.25, 0.3) is 5.91 Å². The Morgan fingerprint density at radius 1 is 0.865 bits per heavy atom. The zero-order valence-corrected chi connectivity index (χ0v) is 21.7. The highest BCUT2D eigenvalue weighted by molar-refractivity contribution is 7.98. The lowest BCUT2D eigenvalue weighted by Crippen LogP contribution is -2.31. The summed E-state index contributed by atoms with van der Waals surface area (Å²) >= 11 is 1.85. The van der Waals surface area contributed by atoms with E-state index in [1.165, 1.54) is 5.56 Å². The molecule has 3 aromatic rings. The van der Waals surface area contributed by atoms with Crippen LogP contribution in [0, 0.1) is 0 Å². The van der Waals surface area contributed by atoms with Gasteiger partial charge < -0.3 is 25.2 Å². The molecule has 0 spiro atoms. The number of rotatable bonds is 11. The number of thioether (sulfide) groups is 1. The summed E-state index contributed by atoms with van der Waals surface area (Å²) < 4.78 is 5.74. The summed E-state index contributed by atoms with van der Waals surface area (Å²) in [5.74, 6) is -0.894. The minimum absolute atomic E-state index is 0.0319. The van der Waals surface area contributed by atoms with Crippen LogP contribution in [0.5, 0.6) is 5.75 Å². The molecule has 0 fully saturated rings. The average Bonchev–Trinajstić information content (AvgIpc) is 2.89. The molecular formula is C28H32N2O6S. The number of hydrogen-bond acceptors (Lipinski definition) is 6. The topological polar surface area (TPSA) is 116 Å². The molecule has 0 bridgehead atoms. The summed E-state index contributed by atoms with van der Waals surface area (Å²) in [6, 6.07) is 26.2. The molecule has 0 atom stereocenters. The first-order chi connectivity index (χ1) is 17.8. The number of hydrogen-bond donors (Lipinski definition) is 3. The number of nitrogens with one attached hydrogen (secondary N) is 1. The normalized spacial score (nSPS) is 10.2. The van der Waals surface area contributed by atoms with Gasteiger partial charge in [0.1, 0.15) is 5.75 Å². The van der Waals surface area contributed by atoms with Crippen LogP contribution < -0.4 is 10.1 Å². The van der Waals surface area contributed by atoms with Crippen molar-refractivity contribution in [3.05, 3.63) is 90.0 Å². The SMILES string of the molecule is CN(C)CCNC(=O)c1ccccc1-c1ccc(CSCCOc2ccccc2)cc1.O=C(O)C(=O)O. The van der Waals surface area contributed by atoms with Crippen molar-refractivity contribution in [2.24, 2.45) is 0 Å². The number of amides is 1. The van der Waals surface area contributed by atoms with Gasteiger partial charge in [-0.25, -0.2) is 9.59 Å². The second kappa shape index (κ2) is 16.0. The van der Waals surface area contributed by atoms with Crippen LogP contribution in [0.3, 0.4) is 0 Å². The summed E-state index contributed by atoms with van der Waals surface area (Å²) in [4.78, 5) is 32.9. The van der Waals surface area contributed by atoms with E-state index in [2.05, 4.69) is 34.5 Å². The second-order valence-corrected chi connectivity index (χ2v) is 9.23. The number of carbonyl (C=O) groups is 3. The van der Waals surface area contributed by atoms with Gasteiger partial charge >= 0.3 is 11.9 Å². The molecule has 3 N–H and O–H groups in total. The molecule has 0 aliphatic heterocycles. The first-order valence-corrected chi connectivity index (χ1v) is 12.8. The van der Waals surface area contributed by atoms with E-state index in [1.807, 2.05) is 80.5 Å². The third kappa shape index (κ3) is 11.2. The highest BCUT2D eigenvalue weighted by atomic mass is 32.2. The van der Waals surface area contributed by atoms with Crippen LogP contribution in [0.4, 0.5) is 0 Å². The summed E-state index contributed by atoms with van der Waals surface area (Å²) in [6.07, 6.45) is 0. The smallest absolute Gasteiger partial charge is 0.414 e. The van der Waals surface area contributed by atoms with Crippen LogP contribution in [-0.4, -0.2) is 72.5 Å². The Labute approximate surface area is 221 Å². The van der Waals surface area contributed by atoms with Gasteiger partial charge in [0.2, 0.25) is 0 Å². The van der Waals surface area contributed by atoms with E-state index in [1.54, 1.807) is 0 Å². The summed E-state index contributed by atoms with van der Waals surface area (Å²) in [7, 11) is 3.99. The quantitative estimate of drug-likeness (QED) is 0.254. The number of benzene rings is 3. The number of aliphatic carboxylic acids is 2. The Hall–Kier alpha value is -3.82. The van der Waals surface area contributed by atoms with E-state index >= 15 is 0 Å². The van der Waals surface area contributed by atoms with Gasteiger partial charge in [0, 0.05) is 30.2 Å². The Kier molecular flexibility index (Phi) is 12.7. The fourth-order valence-corrected chi connectivity index (χ4v) is 3.90. The molecule has 0 saturated carbocycles. The minimum atomic E-state index is -1.82. The maximum Gasteiger partial charge on any atom is 0.414 e. The number of carboxylic acids is 2. The predicted octanol–water partition coefficient (Wildman–Crippen LogP) is 4.11. The monoisotopic (exact) mass is 524 g/mol. The van der Waals surface area contributed by atoms with E-state index in [4.69, 9.17) is 24.5 Å². The number of carboxylic acid groups (broad SMARTS) is 2. The van der Waals surface area contributed by atoms with E-state index in [-0.39, 0.29) is 5.91 Å². The lowest BCUT2D eigenvalue weighted by atomic mass is 9.98. The maximum absolute atomic E-state index is 12.6. The highest BCUT2D eigenvalue weighted by Crippen LogP contribution is 2.25. The largest absolute Gasteiger partial charge is 0.493 e. The highest BCUT2D eigenvalue weighted by Gasteiger charge is 2.12. The first kappa shape index (κ1) is 29.4. The van der Waals surface area contributed by atoms with Crippen molar-refractivity contribution in [3.63, 3.8) is 0 Å². The van der Waals surface area contributed by atoms with Crippen molar-refractivity contribution in [1.82, 2.24) is 10.2 Å². The molecule has 37 heavy (non-hydrogen) atoms. The zero-order valence-electron chi connectivity index (χ0n) is 20.9.